The van der Waals surface area contributed by atoms with E-state index in [1.54, 1.807) is 12.1 Å². The van der Waals surface area contributed by atoms with Gasteiger partial charge in [0.15, 0.2) is 5.70 Å². The van der Waals surface area contributed by atoms with Gasteiger partial charge in [-0.3, -0.25) is 0 Å². The number of nitrogens with zero attached hydrogens (tertiary/aromatic N) is 1. The largest absolute Gasteiger partial charge is 0.494 e. The normalized spacial score (nSPS) is 15.3. The second kappa shape index (κ2) is 7.08. The van der Waals surface area contributed by atoms with Gasteiger partial charge in [-0.15, -0.1) is 0 Å². The third-order valence-corrected chi connectivity index (χ3v) is 3.33. The molecule has 0 aliphatic carbocycles. The number of ether oxygens (including phenoxy) is 2. The van der Waals surface area contributed by atoms with Crippen LogP contribution in [0.1, 0.15) is 24.5 Å². The van der Waals surface area contributed by atoms with E-state index < -0.39 is 11.8 Å². The minimum absolute atomic E-state index is 0.101. The number of esters is 1. The molecule has 0 fully saturated rings. The molecule has 122 valence electrons. The summed E-state index contributed by atoms with van der Waals surface area (Å²) < 4.78 is 24.0. The third kappa shape index (κ3) is 3.68. The Hall–Kier alpha value is -2.95. The molecular weight excluding hydrogens is 309 g/mol. The molecule has 0 spiro atoms. The highest BCUT2D eigenvalue weighted by Gasteiger charge is 2.24. The zero-order chi connectivity index (χ0) is 16.9. The molecule has 3 rings (SSSR count). The molecule has 24 heavy (non-hydrogen) atoms. The molecule has 0 atom stereocenters. The Morgan fingerprint density at radius 3 is 2.83 bits per heavy atom. The molecular formula is C19H16FNO3. The summed E-state index contributed by atoms with van der Waals surface area (Å²) in [6.45, 7) is 2.66. The van der Waals surface area contributed by atoms with Crippen LogP contribution in [0.3, 0.4) is 0 Å². The van der Waals surface area contributed by atoms with E-state index in [1.807, 2.05) is 31.2 Å². The average Bonchev–Trinajstić information content (AvgIpc) is 2.94. The summed E-state index contributed by atoms with van der Waals surface area (Å²) in [6, 6.07) is 13.1. The van der Waals surface area contributed by atoms with Crippen molar-refractivity contribution in [2.45, 2.75) is 13.3 Å². The second-order valence-corrected chi connectivity index (χ2v) is 5.27. The molecule has 2 aromatic rings. The summed E-state index contributed by atoms with van der Waals surface area (Å²) in [5.74, 6) is -0.144. The number of cyclic esters (lactones) is 1. The van der Waals surface area contributed by atoms with Crippen molar-refractivity contribution in [1.82, 2.24) is 0 Å². The first-order chi connectivity index (χ1) is 11.7. The van der Waals surface area contributed by atoms with Crippen molar-refractivity contribution in [3.63, 3.8) is 0 Å². The fourth-order valence-electron chi connectivity index (χ4n) is 2.23. The number of hydrogen-bond donors (Lipinski definition) is 0. The predicted molar refractivity (Wildman–Crippen MR) is 89.2 cm³/mol. The van der Waals surface area contributed by atoms with Crippen molar-refractivity contribution in [3.8, 4) is 5.75 Å². The maximum absolute atomic E-state index is 13.3. The molecule has 0 aromatic heterocycles. The summed E-state index contributed by atoms with van der Waals surface area (Å²) in [5, 5.41) is 0. The van der Waals surface area contributed by atoms with Crippen molar-refractivity contribution < 1.29 is 18.7 Å². The maximum Gasteiger partial charge on any atom is 0.363 e. The fraction of sp³-hybridized carbons (Fsp3) is 0.158. The first kappa shape index (κ1) is 15.9. The summed E-state index contributed by atoms with van der Waals surface area (Å²) in [7, 11) is 0. The minimum Gasteiger partial charge on any atom is -0.494 e. The number of hydrogen-bond acceptors (Lipinski definition) is 4. The van der Waals surface area contributed by atoms with E-state index in [9.17, 15) is 9.18 Å². The Labute approximate surface area is 139 Å². The number of carbonyl (C=O) groups excluding carboxylic acids is 1. The topological polar surface area (TPSA) is 47.9 Å². The molecule has 0 bridgehead atoms. The molecule has 1 heterocycles. The molecule has 0 saturated carbocycles. The Kier molecular flexibility index (Phi) is 4.70. The zero-order valence-corrected chi connectivity index (χ0v) is 13.2. The van der Waals surface area contributed by atoms with Gasteiger partial charge >= 0.3 is 5.97 Å². The van der Waals surface area contributed by atoms with Crippen molar-refractivity contribution >= 4 is 17.9 Å². The van der Waals surface area contributed by atoms with Gasteiger partial charge in [0.25, 0.3) is 0 Å². The van der Waals surface area contributed by atoms with Crippen LogP contribution in [0.15, 0.2) is 59.2 Å². The smallest absolute Gasteiger partial charge is 0.363 e. The fourth-order valence-corrected chi connectivity index (χ4v) is 2.23. The van der Waals surface area contributed by atoms with Crippen molar-refractivity contribution in [2.75, 3.05) is 6.61 Å². The predicted octanol–water partition coefficient (Wildman–Crippen LogP) is 3.96. The molecule has 4 nitrogen and oxygen atoms in total. The molecule has 0 N–H and O–H groups in total. The Morgan fingerprint density at radius 2 is 2.04 bits per heavy atom. The van der Waals surface area contributed by atoms with Crippen molar-refractivity contribution in [1.29, 1.82) is 0 Å². The molecule has 0 saturated heterocycles. The quantitative estimate of drug-likeness (QED) is 0.617. The van der Waals surface area contributed by atoms with Crippen molar-refractivity contribution in [2.24, 2.45) is 4.99 Å². The van der Waals surface area contributed by atoms with Crippen LogP contribution in [0, 0.1) is 5.82 Å². The van der Waals surface area contributed by atoms with Crippen LogP contribution in [0.4, 0.5) is 4.39 Å². The van der Waals surface area contributed by atoms with Gasteiger partial charge in [0.1, 0.15) is 11.6 Å². The Morgan fingerprint density at radius 1 is 1.21 bits per heavy atom. The Balaban J connectivity index is 1.86. The van der Waals surface area contributed by atoms with E-state index in [2.05, 4.69) is 4.99 Å². The van der Waals surface area contributed by atoms with Crippen LogP contribution in [-0.2, 0) is 9.53 Å². The van der Waals surface area contributed by atoms with E-state index in [4.69, 9.17) is 9.47 Å². The second-order valence-electron chi connectivity index (χ2n) is 5.27. The summed E-state index contributed by atoms with van der Waals surface area (Å²) >= 11 is 0. The van der Waals surface area contributed by atoms with Gasteiger partial charge in [-0.25, -0.2) is 14.2 Å². The van der Waals surface area contributed by atoms with E-state index >= 15 is 0 Å². The summed E-state index contributed by atoms with van der Waals surface area (Å²) in [4.78, 5) is 16.1. The first-order valence-corrected chi connectivity index (χ1v) is 7.67. The van der Waals surface area contributed by atoms with Crippen LogP contribution >= 0.6 is 0 Å². The van der Waals surface area contributed by atoms with Gasteiger partial charge in [-0.2, -0.15) is 0 Å². The van der Waals surface area contributed by atoms with Crippen LogP contribution in [-0.4, -0.2) is 18.5 Å². The lowest BCUT2D eigenvalue weighted by molar-refractivity contribution is -0.129. The number of rotatable bonds is 5. The highest BCUT2D eigenvalue weighted by atomic mass is 19.1. The van der Waals surface area contributed by atoms with Gasteiger partial charge in [0.2, 0.25) is 5.90 Å². The summed E-state index contributed by atoms with van der Waals surface area (Å²) in [5.41, 5.74) is 1.37. The number of carbonyl (C=O) groups is 1. The van der Waals surface area contributed by atoms with E-state index in [0.717, 1.165) is 17.7 Å². The van der Waals surface area contributed by atoms with Crippen LogP contribution in [0.2, 0.25) is 0 Å². The lowest BCUT2D eigenvalue weighted by Crippen LogP contribution is -2.05. The third-order valence-electron chi connectivity index (χ3n) is 3.33. The molecule has 0 amide bonds. The number of benzene rings is 2. The molecule has 5 heteroatoms. The standard InChI is InChI=1S/C19H16FNO3/c1-2-9-23-16-8-3-5-13(10-16)11-17-19(22)24-18(21-17)14-6-4-7-15(20)12-14/h3-8,10-12H,2,9H2,1H3. The van der Waals surface area contributed by atoms with E-state index in [1.165, 1.54) is 18.2 Å². The molecule has 1 aliphatic heterocycles. The van der Waals surface area contributed by atoms with Gasteiger partial charge in [0, 0.05) is 5.56 Å². The lowest BCUT2D eigenvalue weighted by atomic mass is 10.2. The number of aliphatic imine (C=N–C) groups is 1. The number of halogens is 1. The van der Waals surface area contributed by atoms with Crippen LogP contribution < -0.4 is 4.74 Å². The molecule has 2 aromatic carbocycles. The highest BCUT2D eigenvalue weighted by molar-refractivity contribution is 6.12. The van der Waals surface area contributed by atoms with Gasteiger partial charge in [-0.05, 0) is 48.4 Å². The van der Waals surface area contributed by atoms with Gasteiger partial charge in [-0.1, -0.05) is 25.1 Å². The highest BCUT2D eigenvalue weighted by Crippen LogP contribution is 2.21. The first-order valence-electron chi connectivity index (χ1n) is 7.67. The minimum atomic E-state index is -0.561. The Bertz CT molecular complexity index is 827. The average molecular weight is 325 g/mol. The molecule has 0 unspecified atom stereocenters. The monoisotopic (exact) mass is 325 g/mol. The van der Waals surface area contributed by atoms with Crippen LogP contribution in [0.25, 0.3) is 6.08 Å². The van der Waals surface area contributed by atoms with E-state index in [-0.39, 0.29) is 11.6 Å². The van der Waals surface area contributed by atoms with Gasteiger partial charge in [0.05, 0.1) is 6.61 Å². The van der Waals surface area contributed by atoms with Crippen molar-refractivity contribution in [3.05, 3.63) is 71.2 Å². The molecule has 1 aliphatic rings. The zero-order valence-electron chi connectivity index (χ0n) is 13.2. The van der Waals surface area contributed by atoms with Gasteiger partial charge < -0.3 is 9.47 Å². The van der Waals surface area contributed by atoms with E-state index in [0.29, 0.717) is 12.2 Å². The summed E-state index contributed by atoms with van der Waals surface area (Å²) in [6.07, 6.45) is 2.53. The molecule has 0 radical (unpaired) electrons. The SMILES string of the molecule is CCCOc1cccc(C=C2N=C(c3cccc(F)c3)OC2=O)c1. The lowest BCUT2D eigenvalue weighted by Gasteiger charge is -2.04. The van der Waals surface area contributed by atoms with Crippen LogP contribution in [0.5, 0.6) is 5.75 Å². The maximum atomic E-state index is 13.3.